The van der Waals surface area contributed by atoms with Gasteiger partial charge in [-0.15, -0.1) is 0 Å². The van der Waals surface area contributed by atoms with Gasteiger partial charge >= 0.3 is 0 Å². The standard InChI is InChI=1S/C23H28N2O5/c1-16-7-5-6-8-19(16)30-12-11-24(2)23(27)17-13-22(26)25(15-17)18-9-10-20(28-3)21(14-18)29-4/h5-10,14,17H,11-13,15H2,1-4H3. The molecule has 1 aliphatic rings. The zero-order chi connectivity index (χ0) is 21.7. The number of methoxy groups -OCH3 is 2. The van der Waals surface area contributed by atoms with Gasteiger partial charge in [-0.25, -0.2) is 0 Å². The molecule has 1 unspecified atom stereocenters. The lowest BCUT2D eigenvalue weighted by atomic mass is 10.1. The van der Waals surface area contributed by atoms with E-state index in [1.807, 2.05) is 31.2 Å². The maximum absolute atomic E-state index is 12.8. The van der Waals surface area contributed by atoms with Crippen molar-refractivity contribution in [3.8, 4) is 17.2 Å². The van der Waals surface area contributed by atoms with Crippen LogP contribution in [-0.4, -0.2) is 57.7 Å². The highest BCUT2D eigenvalue weighted by molar-refractivity contribution is 6.00. The zero-order valence-corrected chi connectivity index (χ0v) is 17.9. The Kier molecular flexibility index (Phi) is 6.82. The summed E-state index contributed by atoms with van der Waals surface area (Å²) in [5.41, 5.74) is 1.75. The third kappa shape index (κ3) is 4.67. The summed E-state index contributed by atoms with van der Waals surface area (Å²) in [6, 6.07) is 13.1. The maximum Gasteiger partial charge on any atom is 0.227 e. The number of carbonyl (C=O) groups is 2. The van der Waals surface area contributed by atoms with Gasteiger partial charge in [0.15, 0.2) is 11.5 Å². The first-order valence-electron chi connectivity index (χ1n) is 9.90. The van der Waals surface area contributed by atoms with Crippen LogP contribution in [0.4, 0.5) is 5.69 Å². The van der Waals surface area contributed by atoms with Crippen molar-refractivity contribution in [1.82, 2.24) is 4.90 Å². The van der Waals surface area contributed by atoms with Crippen LogP contribution in [0, 0.1) is 12.8 Å². The zero-order valence-electron chi connectivity index (χ0n) is 17.9. The minimum Gasteiger partial charge on any atom is -0.493 e. The Hall–Kier alpha value is -3.22. The molecule has 2 aromatic rings. The number of nitrogens with zero attached hydrogens (tertiary/aromatic N) is 2. The van der Waals surface area contributed by atoms with E-state index in [4.69, 9.17) is 14.2 Å². The Morgan fingerprint density at radius 3 is 2.53 bits per heavy atom. The van der Waals surface area contributed by atoms with Crippen LogP contribution in [-0.2, 0) is 9.59 Å². The number of hydrogen-bond donors (Lipinski definition) is 0. The van der Waals surface area contributed by atoms with Gasteiger partial charge in [0.25, 0.3) is 0 Å². The molecule has 160 valence electrons. The number of likely N-dealkylation sites (N-methyl/N-ethyl adjacent to an activating group) is 1. The average Bonchev–Trinajstić information content (AvgIpc) is 3.15. The average molecular weight is 412 g/mol. The Labute approximate surface area is 177 Å². The third-order valence-corrected chi connectivity index (χ3v) is 5.31. The van der Waals surface area contributed by atoms with Crippen molar-refractivity contribution in [2.45, 2.75) is 13.3 Å². The highest BCUT2D eigenvalue weighted by atomic mass is 16.5. The summed E-state index contributed by atoms with van der Waals surface area (Å²) in [5, 5.41) is 0. The molecule has 2 amide bonds. The van der Waals surface area contributed by atoms with E-state index in [0.717, 1.165) is 11.3 Å². The molecular formula is C23H28N2O5. The second kappa shape index (κ2) is 9.52. The van der Waals surface area contributed by atoms with Gasteiger partial charge in [0, 0.05) is 31.8 Å². The highest BCUT2D eigenvalue weighted by Crippen LogP contribution is 2.34. The third-order valence-electron chi connectivity index (χ3n) is 5.31. The quantitative estimate of drug-likeness (QED) is 0.667. The van der Waals surface area contributed by atoms with Crippen molar-refractivity contribution >= 4 is 17.5 Å². The molecule has 2 aromatic carbocycles. The molecule has 0 spiro atoms. The number of carbonyl (C=O) groups excluding carboxylic acids is 2. The SMILES string of the molecule is COc1ccc(N2CC(C(=O)N(C)CCOc3ccccc3C)CC2=O)cc1OC. The minimum atomic E-state index is -0.381. The van der Waals surface area contributed by atoms with Crippen LogP contribution < -0.4 is 19.1 Å². The first-order chi connectivity index (χ1) is 14.4. The van der Waals surface area contributed by atoms with Crippen LogP contribution in [0.1, 0.15) is 12.0 Å². The largest absolute Gasteiger partial charge is 0.493 e. The summed E-state index contributed by atoms with van der Waals surface area (Å²) >= 11 is 0. The summed E-state index contributed by atoms with van der Waals surface area (Å²) in [4.78, 5) is 28.7. The topological polar surface area (TPSA) is 68.3 Å². The van der Waals surface area contributed by atoms with Crippen LogP contribution in [0.2, 0.25) is 0 Å². The Morgan fingerprint density at radius 2 is 1.83 bits per heavy atom. The van der Waals surface area contributed by atoms with Gasteiger partial charge in [-0.05, 0) is 30.7 Å². The van der Waals surface area contributed by atoms with Gasteiger partial charge in [-0.3, -0.25) is 9.59 Å². The fraction of sp³-hybridized carbons (Fsp3) is 0.391. The van der Waals surface area contributed by atoms with Gasteiger partial charge < -0.3 is 24.0 Å². The van der Waals surface area contributed by atoms with Crippen LogP contribution >= 0.6 is 0 Å². The minimum absolute atomic E-state index is 0.0558. The smallest absolute Gasteiger partial charge is 0.227 e. The molecule has 1 saturated heterocycles. The van der Waals surface area contributed by atoms with Crippen molar-refractivity contribution in [3.63, 3.8) is 0 Å². The Bertz CT molecular complexity index is 914. The van der Waals surface area contributed by atoms with Crippen molar-refractivity contribution < 1.29 is 23.8 Å². The monoisotopic (exact) mass is 412 g/mol. The molecule has 1 fully saturated rings. The number of hydrogen-bond acceptors (Lipinski definition) is 5. The number of rotatable bonds is 8. The normalized spacial score (nSPS) is 15.8. The second-order valence-electron chi connectivity index (χ2n) is 7.32. The predicted molar refractivity (Wildman–Crippen MR) is 114 cm³/mol. The van der Waals surface area contributed by atoms with Crippen molar-refractivity contribution in [1.29, 1.82) is 0 Å². The number of ether oxygens (including phenoxy) is 3. The molecule has 30 heavy (non-hydrogen) atoms. The molecule has 0 aromatic heterocycles. The van der Waals surface area contributed by atoms with Gasteiger partial charge in [0.05, 0.1) is 26.7 Å². The van der Waals surface area contributed by atoms with Gasteiger partial charge in [-0.1, -0.05) is 18.2 Å². The van der Waals surface area contributed by atoms with Crippen LogP contribution in [0.3, 0.4) is 0 Å². The molecule has 0 aliphatic carbocycles. The van der Waals surface area contributed by atoms with Crippen molar-refractivity contribution in [2.24, 2.45) is 5.92 Å². The molecule has 7 heteroatoms. The number of para-hydroxylation sites is 1. The van der Waals surface area contributed by atoms with Crippen LogP contribution in [0.25, 0.3) is 0 Å². The lowest BCUT2D eigenvalue weighted by molar-refractivity contribution is -0.134. The molecule has 0 radical (unpaired) electrons. The van der Waals surface area contributed by atoms with Crippen molar-refractivity contribution in [2.75, 3.05) is 45.9 Å². The number of aryl methyl sites for hydroxylation is 1. The molecular weight excluding hydrogens is 384 g/mol. The van der Waals surface area contributed by atoms with E-state index in [0.29, 0.717) is 36.9 Å². The lowest BCUT2D eigenvalue weighted by Gasteiger charge is -2.22. The summed E-state index contributed by atoms with van der Waals surface area (Å²) < 4.78 is 16.4. The van der Waals surface area contributed by atoms with Crippen LogP contribution in [0.5, 0.6) is 17.2 Å². The molecule has 1 heterocycles. The highest BCUT2D eigenvalue weighted by Gasteiger charge is 2.36. The van der Waals surface area contributed by atoms with E-state index >= 15 is 0 Å². The summed E-state index contributed by atoms with van der Waals surface area (Å²) in [6.45, 7) is 3.18. The number of anilines is 1. The summed E-state index contributed by atoms with van der Waals surface area (Å²) in [6.07, 6.45) is 0.191. The fourth-order valence-electron chi connectivity index (χ4n) is 3.55. The van der Waals surface area contributed by atoms with E-state index in [-0.39, 0.29) is 24.2 Å². The first kappa shape index (κ1) is 21.5. The first-order valence-corrected chi connectivity index (χ1v) is 9.90. The lowest BCUT2D eigenvalue weighted by Crippen LogP contribution is -2.37. The second-order valence-corrected chi connectivity index (χ2v) is 7.32. The van der Waals surface area contributed by atoms with Gasteiger partial charge in [0.2, 0.25) is 11.8 Å². The van der Waals surface area contributed by atoms with E-state index < -0.39 is 0 Å². The molecule has 0 N–H and O–H groups in total. The van der Waals surface area contributed by atoms with Crippen LogP contribution in [0.15, 0.2) is 42.5 Å². The molecule has 0 saturated carbocycles. The van der Waals surface area contributed by atoms with E-state index in [9.17, 15) is 9.59 Å². The maximum atomic E-state index is 12.8. The number of benzene rings is 2. The molecule has 3 rings (SSSR count). The Morgan fingerprint density at radius 1 is 1.10 bits per heavy atom. The van der Waals surface area contributed by atoms with E-state index in [2.05, 4.69) is 0 Å². The molecule has 7 nitrogen and oxygen atoms in total. The fourth-order valence-corrected chi connectivity index (χ4v) is 3.55. The van der Waals surface area contributed by atoms with E-state index in [1.165, 1.54) is 0 Å². The predicted octanol–water partition coefficient (Wildman–Crippen LogP) is 2.90. The summed E-state index contributed by atoms with van der Waals surface area (Å²) in [7, 11) is 4.85. The van der Waals surface area contributed by atoms with Gasteiger partial charge in [0.1, 0.15) is 12.4 Å². The number of amides is 2. The van der Waals surface area contributed by atoms with E-state index in [1.54, 1.807) is 49.3 Å². The Balaban J connectivity index is 1.58. The molecule has 1 atom stereocenters. The van der Waals surface area contributed by atoms with Gasteiger partial charge in [-0.2, -0.15) is 0 Å². The molecule has 0 bridgehead atoms. The molecule has 1 aliphatic heterocycles. The van der Waals surface area contributed by atoms with Crippen molar-refractivity contribution in [3.05, 3.63) is 48.0 Å². The summed E-state index contributed by atoms with van der Waals surface area (Å²) in [5.74, 6) is 1.44.